The van der Waals surface area contributed by atoms with Gasteiger partial charge in [-0.1, -0.05) is 12.1 Å². The van der Waals surface area contributed by atoms with Gasteiger partial charge in [0, 0.05) is 37.3 Å². The van der Waals surface area contributed by atoms with Crippen molar-refractivity contribution in [2.45, 2.75) is 25.3 Å². The summed E-state index contributed by atoms with van der Waals surface area (Å²) in [6.45, 7) is 3.73. The van der Waals surface area contributed by atoms with Crippen LogP contribution in [0.15, 0.2) is 35.8 Å². The molecule has 0 saturated carbocycles. The summed E-state index contributed by atoms with van der Waals surface area (Å²) in [5, 5.41) is 6.31. The van der Waals surface area contributed by atoms with Crippen molar-refractivity contribution in [3.63, 3.8) is 0 Å². The molecule has 1 aliphatic rings. The molecule has 1 N–H and O–H groups in total. The number of nitrogens with zero attached hydrogens (tertiary/aromatic N) is 2. The van der Waals surface area contributed by atoms with E-state index in [9.17, 15) is 4.79 Å². The molecular formula is C19H25N3O2S. The molecule has 1 aromatic heterocycles. The Kier molecular flexibility index (Phi) is 6.55. The van der Waals surface area contributed by atoms with Gasteiger partial charge < -0.3 is 15.0 Å². The molecule has 3 rings (SSSR count). The van der Waals surface area contributed by atoms with Crippen LogP contribution in [0.5, 0.6) is 0 Å². The summed E-state index contributed by atoms with van der Waals surface area (Å²) >= 11 is 1.57. The lowest BCUT2D eigenvalue weighted by Crippen LogP contribution is -2.33. The predicted molar refractivity (Wildman–Crippen MR) is 100 cm³/mol. The van der Waals surface area contributed by atoms with Crippen molar-refractivity contribution < 1.29 is 9.53 Å². The molecule has 0 radical (unpaired) electrons. The summed E-state index contributed by atoms with van der Waals surface area (Å²) in [5.74, 6) is 0.582. The highest BCUT2D eigenvalue weighted by Gasteiger charge is 2.19. The lowest BCUT2D eigenvalue weighted by Gasteiger charge is -2.24. The van der Waals surface area contributed by atoms with Crippen molar-refractivity contribution in [2.75, 3.05) is 33.4 Å². The average molecular weight is 359 g/mol. The van der Waals surface area contributed by atoms with Crippen LogP contribution in [-0.2, 0) is 11.3 Å². The fraction of sp³-hybridized carbons (Fsp3) is 0.474. The van der Waals surface area contributed by atoms with Gasteiger partial charge >= 0.3 is 0 Å². The Morgan fingerprint density at radius 2 is 2.24 bits per heavy atom. The summed E-state index contributed by atoms with van der Waals surface area (Å²) in [7, 11) is 1.65. The van der Waals surface area contributed by atoms with E-state index in [1.54, 1.807) is 29.5 Å². The van der Waals surface area contributed by atoms with Crippen molar-refractivity contribution in [3.8, 4) is 0 Å². The number of ether oxygens (including phenoxy) is 1. The number of methoxy groups -OCH3 is 1. The molecule has 1 amide bonds. The van der Waals surface area contributed by atoms with E-state index in [0.717, 1.165) is 23.7 Å². The highest BCUT2D eigenvalue weighted by Crippen LogP contribution is 2.23. The Balaban J connectivity index is 1.69. The zero-order valence-corrected chi connectivity index (χ0v) is 15.4. The van der Waals surface area contributed by atoms with E-state index in [-0.39, 0.29) is 5.91 Å². The number of aromatic nitrogens is 1. The first-order chi connectivity index (χ1) is 12.3. The molecule has 1 fully saturated rings. The second-order valence-electron chi connectivity index (χ2n) is 6.31. The highest BCUT2D eigenvalue weighted by atomic mass is 32.1. The van der Waals surface area contributed by atoms with E-state index in [1.165, 1.54) is 18.4 Å². The van der Waals surface area contributed by atoms with E-state index >= 15 is 0 Å². The van der Waals surface area contributed by atoms with Gasteiger partial charge in [-0.05, 0) is 43.0 Å². The van der Waals surface area contributed by atoms with Crippen LogP contribution in [0.3, 0.4) is 0 Å². The van der Waals surface area contributed by atoms with Gasteiger partial charge in [-0.2, -0.15) is 0 Å². The van der Waals surface area contributed by atoms with E-state index < -0.39 is 0 Å². The fourth-order valence-corrected chi connectivity index (χ4v) is 3.80. The van der Waals surface area contributed by atoms with Gasteiger partial charge in [-0.15, -0.1) is 11.3 Å². The van der Waals surface area contributed by atoms with Crippen LogP contribution in [0.2, 0.25) is 0 Å². The van der Waals surface area contributed by atoms with Crippen molar-refractivity contribution in [1.29, 1.82) is 0 Å². The third-order valence-corrected chi connectivity index (χ3v) is 5.35. The van der Waals surface area contributed by atoms with Crippen LogP contribution in [0, 0.1) is 0 Å². The molecule has 2 aromatic rings. The topological polar surface area (TPSA) is 54.5 Å². The largest absolute Gasteiger partial charge is 0.383 e. The maximum Gasteiger partial charge on any atom is 0.254 e. The smallest absolute Gasteiger partial charge is 0.254 e. The third kappa shape index (κ3) is 4.87. The normalized spacial score (nSPS) is 17.4. The molecule has 1 saturated heterocycles. The Hall–Kier alpha value is -1.76. The van der Waals surface area contributed by atoms with Gasteiger partial charge in [0.1, 0.15) is 5.01 Å². The summed E-state index contributed by atoms with van der Waals surface area (Å²) in [6.07, 6.45) is 4.19. The van der Waals surface area contributed by atoms with Crippen LogP contribution in [0.1, 0.15) is 39.7 Å². The van der Waals surface area contributed by atoms with Crippen LogP contribution in [-0.4, -0.2) is 49.1 Å². The van der Waals surface area contributed by atoms with Gasteiger partial charge in [0.25, 0.3) is 5.91 Å². The van der Waals surface area contributed by atoms with Crippen LogP contribution < -0.4 is 5.32 Å². The minimum atomic E-state index is 0.0283. The highest BCUT2D eigenvalue weighted by molar-refractivity contribution is 7.09. The predicted octanol–water partition coefficient (Wildman–Crippen LogP) is 2.90. The van der Waals surface area contributed by atoms with Crippen molar-refractivity contribution >= 4 is 17.2 Å². The zero-order chi connectivity index (χ0) is 17.5. The van der Waals surface area contributed by atoms with Crippen molar-refractivity contribution in [1.82, 2.24) is 15.2 Å². The molecule has 2 heterocycles. The van der Waals surface area contributed by atoms with Crippen LogP contribution in [0.4, 0.5) is 0 Å². The summed E-state index contributed by atoms with van der Waals surface area (Å²) in [5.41, 5.74) is 2.03. The number of carbonyl (C=O) groups is 1. The zero-order valence-electron chi connectivity index (χ0n) is 14.6. The van der Waals surface area contributed by atoms with E-state index in [1.807, 2.05) is 17.5 Å². The number of thiazole rings is 1. The monoisotopic (exact) mass is 359 g/mol. The molecule has 1 aromatic carbocycles. The van der Waals surface area contributed by atoms with E-state index in [2.05, 4.69) is 22.4 Å². The number of benzene rings is 1. The molecule has 134 valence electrons. The molecular weight excluding hydrogens is 334 g/mol. The standard InChI is InChI=1S/C19H25N3O2S/c1-24-11-10-22(14-18-21-9-12-25-18)19(23)16-6-4-15(5-7-16)17-3-2-8-20-13-17/h4-7,9,12,17,20H,2-3,8,10-11,13-14H2,1H3/t17-/m1/s1. The molecule has 25 heavy (non-hydrogen) atoms. The Morgan fingerprint density at radius 3 is 2.88 bits per heavy atom. The van der Waals surface area contributed by atoms with E-state index in [4.69, 9.17) is 4.74 Å². The molecule has 0 bridgehead atoms. The van der Waals surface area contributed by atoms with E-state index in [0.29, 0.717) is 25.6 Å². The quantitative estimate of drug-likeness (QED) is 0.826. The minimum absolute atomic E-state index is 0.0283. The number of nitrogens with one attached hydrogen (secondary N) is 1. The van der Waals surface area contributed by atoms with Crippen LogP contribution in [0.25, 0.3) is 0 Å². The van der Waals surface area contributed by atoms with Crippen LogP contribution >= 0.6 is 11.3 Å². The Labute approximate surface area is 153 Å². The molecule has 0 unspecified atom stereocenters. The first kappa shape index (κ1) is 18.0. The Bertz CT molecular complexity index is 652. The maximum atomic E-state index is 12.9. The third-order valence-electron chi connectivity index (χ3n) is 4.59. The summed E-state index contributed by atoms with van der Waals surface area (Å²) < 4.78 is 5.16. The summed E-state index contributed by atoms with van der Waals surface area (Å²) in [4.78, 5) is 19.0. The fourth-order valence-electron chi connectivity index (χ4n) is 3.16. The minimum Gasteiger partial charge on any atom is -0.383 e. The van der Waals surface area contributed by atoms with Gasteiger partial charge in [-0.25, -0.2) is 4.98 Å². The summed E-state index contributed by atoms with van der Waals surface area (Å²) in [6, 6.07) is 8.10. The molecule has 1 atom stereocenters. The molecule has 6 heteroatoms. The lowest BCUT2D eigenvalue weighted by molar-refractivity contribution is 0.0680. The Morgan fingerprint density at radius 1 is 1.40 bits per heavy atom. The van der Waals surface area contributed by atoms with Crippen molar-refractivity contribution in [2.24, 2.45) is 0 Å². The number of rotatable bonds is 7. The van der Waals surface area contributed by atoms with Gasteiger partial charge in [0.2, 0.25) is 0 Å². The molecule has 0 aliphatic carbocycles. The molecule has 0 spiro atoms. The van der Waals surface area contributed by atoms with Gasteiger partial charge in [0.05, 0.1) is 13.2 Å². The van der Waals surface area contributed by atoms with Gasteiger partial charge in [-0.3, -0.25) is 4.79 Å². The number of carbonyl (C=O) groups excluding carboxylic acids is 1. The molecule has 1 aliphatic heterocycles. The number of hydrogen-bond donors (Lipinski definition) is 1. The lowest BCUT2D eigenvalue weighted by atomic mass is 9.91. The molecule has 5 nitrogen and oxygen atoms in total. The first-order valence-electron chi connectivity index (χ1n) is 8.75. The SMILES string of the molecule is COCCN(Cc1nccs1)C(=O)c1ccc([C@@H]2CCCNC2)cc1. The number of hydrogen-bond acceptors (Lipinski definition) is 5. The van der Waals surface area contributed by atoms with Crippen molar-refractivity contribution in [3.05, 3.63) is 52.0 Å². The first-order valence-corrected chi connectivity index (χ1v) is 9.63. The number of amides is 1. The van der Waals surface area contributed by atoms with Gasteiger partial charge in [0.15, 0.2) is 0 Å². The average Bonchev–Trinajstić information content (AvgIpc) is 3.18. The maximum absolute atomic E-state index is 12.9. The second-order valence-corrected chi connectivity index (χ2v) is 7.29. The number of piperidine rings is 1. The second kappa shape index (κ2) is 9.08.